The fourth-order valence-corrected chi connectivity index (χ4v) is 3.64. The Bertz CT molecular complexity index is 475. The third-order valence-electron chi connectivity index (χ3n) is 4.25. The largest absolute Gasteiger partial charge is 0.358 e. The van der Waals surface area contributed by atoms with Gasteiger partial charge in [0, 0.05) is 10.9 Å². The number of hydrogen-bond donors (Lipinski definition) is 3. The van der Waals surface area contributed by atoms with Gasteiger partial charge < -0.3 is 5.32 Å². The normalized spacial score (nSPS) is 25.1. The minimum atomic E-state index is -0.0772. The number of thiocarbonyl (C=S) groups is 1. The smallest absolute Gasteiger partial charge is 0.243 e. The number of thiophene rings is 1. The molecular formula is C15H23N3OS2. The molecule has 1 amide bonds. The SMILES string of the molecule is C[C@@H]1[C@H](C)CCC[C@H]1NC(=S)NNC(=O)Cc1cccs1. The van der Waals surface area contributed by atoms with Crippen molar-refractivity contribution < 1.29 is 4.79 Å². The van der Waals surface area contributed by atoms with E-state index < -0.39 is 0 Å². The summed E-state index contributed by atoms with van der Waals surface area (Å²) in [6, 6.07) is 4.28. The second kappa shape index (κ2) is 7.75. The van der Waals surface area contributed by atoms with Gasteiger partial charge in [-0.2, -0.15) is 0 Å². The van der Waals surface area contributed by atoms with Crippen molar-refractivity contribution in [2.45, 2.75) is 45.6 Å². The number of rotatable bonds is 3. The highest BCUT2D eigenvalue weighted by atomic mass is 32.1. The summed E-state index contributed by atoms with van der Waals surface area (Å²) in [6.45, 7) is 4.55. The number of amides is 1. The molecule has 1 aliphatic rings. The van der Waals surface area contributed by atoms with Crippen LogP contribution in [0.3, 0.4) is 0 Å². The molecule has 0 spiro atoms. The van der Waals surface area contributed by atoms with Gasteiger partial charge in [-0.25, -0.2) is 0 Å². The topological polar surface area (TPSA) is 53.2 Å². The number of nitrogens with one attached hydrogen (secondary N) is 3. The zero-order valence-electron chi connectivity index (χ0n) is 12.5. The van der Waals surface area contributed by atoms with Gasteiger partial charge in [0.25, 0.3) is 0 Å². The minimum Gasteiger partial charge on any atom is -0.358 e. The molecule has 1 fully saturated rings. The quantitative estimate of drug-likeness (QED) is 0.591. The minimum absolute atomic E-state index is 0.0772. The van der Waals surface area contributed by atoms with E-state index in [1.165, 1.54) is 12.8 Å². The van der Waals surface area contributed by atoms with Crippen LogP contribution in [0.4, 0.5) is 0 Å². The van der Waals surface area contributed by atoms with Crippen LogP contribution in [0.2, 0.25) is 0 Å². The first-order valence-corrected chi connectivity index (χ1v) is 8.72. The molecular weight excluding hydrogens is 302 g/mol. The number of carbonyl (C=O) groups is 1. The average Bonchev–Trinajstić information content (AvgIpc) is 2.94. The first kappa shape index (κ1) is 16.2. The van der Waals surface area contributed by atoms with Gasteiger partial charge in [-0.05, 0) is 41.9 Å². The molecule has 4 nitrogen and oxygen atoms in total. The van der Waals surface area contributed by atoms with Crippen LogP contribution in [-0.2, 0) is 11.2 Å². The van der Waals surface area contributed by atoms with Gasteiger partial charge in [0.15, 0.2) is 5.11 Å². The highest BCUT2D eigenvalue weighted by Gasteiger charge is 2.27. The van der Waals surface area contributed by atoms with Crippen LogP contribution in [0.25, 0.3) is 0 Å². The van der Waals surface area contributed by atoms with Gasteiger partial charge in [-0.3, -0.25) is 15.6 Å². The summed E-state index contributed by atoms with van der Waals surface area (Å²) in [5.41, 5.74) is 5.45. The highest BCUT2D eigenvalue weighted by Crippen LogP contribution is 2.29. The second-order valence-electron chi connectivity index (χ2n) is 5.78. The maximum atomic E-state index is 11.8. The van der Waals surface area contributed by atoms with Crippen molar-refractivity contribution in [1.82, 2.24) is 16.2 Å². The van der Waals surface area contributed by atoms with Gasteiger partial charge >= 0.3 is 0 Å². The van der Waals surface area contributed by atoms with E-state index in [9.17, 15) is 4.79 Å². The van der Waals surface area contributed by atoms with Gasteiger partial charge in [-0.15, -0.1) is 11.3 Å². The van der Waals surface area contributed by atoms with Crippen LogP contribution in [-0.4, -0.2) is 17.1 Å². The van der Waals surface area contributed by atoms with Crippen LogP contribution in [0, 0.1) is 11.8 Å². The van der Waals surface area contributed by atoms with E-state index in [0.717, 1.165) is 11.3 Å². The summed E-state index contributed by atoms with van der Waals surface area (Å²) in [7, 11) is 0. The number of hydrazine groups is 1. The number of hydrogen-bond acceptors (Lipinski definition) is 3. The van der Waals surface area contributed by atoms with Crippen molar-refractivity contribution in [3.63, 3.8) is 0 Å². The predicted octanol–water partition coefficient (Wildman–Crippen LogP) is 2.61. The summed E-state index contributed by atoms with van der Waals surface area (Å²) in [5, 5.41) is 5.79. The third-order valence-corrected chi connectivity index (χ3v) is 5.35. The van der Waals surface area contributed by atoms with Crippen LogP contribution in [0.5, 0.6) is 0 Å². The lowest BCUT2D eigenvalue weighted by Crippen LogP contribution is -2.52. The Labute approximate surface area is 135 Å². The van der Waals surface area contributed by atoms with Gasteiger partial charge in [-0.1, -0.05) is 32.8 Å². The van der Waals surface area contributed by atoms with Crippen LogP contribution in [0.1, 0.15) is 38.0 Å². The molecule has 1 saturated carbocycles. The Hall–Kier alpha value is -1.14. The standard InChI is InChI=1S/C15H23N3OS2/c1-10-5-3-7-13(11(10)2)16-15(20)18-17-14(19)9-12-6-4-8-21-12/h4,6,8,10-11,13H,3,5,7,9H2,1-2H3,(H,17,19)(H2,16,18,20)/t10-,11-,13-/m1/s1. The lowest BCUT2D eigenvalue weighted by Gasteiger charge is -2.35. The molecule has 0 unspecified atom stereocenters. The summed E-state index contributed by atoms with van der Waals surface area (Å²) >= 11 is 6.84. The Morgan fingerprint density at radius 2 is 2.19 bits per heavy atom. The number of carbonyl (C=O) groups excluding carboxylic acids is 1. The van der Waals surface area contributed by atoms with Crippen molar-refractivity contribution in [1.29, 1.82) is 0 Å². The monoisotopic (exact) mass is 325 g/mol. The molecule has 2 rings (SSSR count). The van der Waals surface area contributed by atoms with Crippen LogP contribution < -0.4 is 16.2 Å². The Kier molecular flexibility index (Phi) is 5.99. The molecule has 116 valence electrons. The highest BCUT2D eigenvalue weighted by molar-refractivity contribution is 7.80. The second-order valence-corrected chi connectivity index (χ2v) is 7.22. The lowest BCUT2D eigenvalue weighted by atomic mass is 9.78. The molecule has 0 saturated heterocycles. The molecule has 6 heteroatoms. The molecule has 1 heterocycles. The van der Waals surface area contributed by atoms with E-state index in [-0.39, 0.29) is 5.91 Å². The molecule has 1 aromatic heterocycles. The molecule has 0 radical (unpaired) electrons. The van der Waals surface area contributed by atoms with E-state index >= 15 is 0 Å². The first-order valence-electron chi connectivity index (χ1n) is 7.44. The first-order chi connectivity index (χ1) is 10.1. The summed E-state index contributed by atoms with van der Waals surface area (Å²) in [6.07, 6.45) is 4.04. The van der Waals surface area contributed by atoms with Gasteiger partial charge in [0.2, 0.25) is 5.91 Å². The zero-order chi connectivity index (χ0) is 15.2. The average molecular weight is 326 g/mol. The molecule has 0 aliphatic heterocycles. The maximum absolute atomic E-state index is 11.8. The molecule has 21 heavy (non-hydrogen) atoms. The summed E-state index contributed by atoms with van der Waals surface area (Å²) in [4.78, 5) is 12.8. The van der Waals surface area contributed by atoms with Crippen molar-refractivity contribution >= 4 is 34.6 Å². The predicted molar refractivity (Wildman–Crippen MR) is 91.0 cm³/mol. The Balaban J connectivity index is 1.70. The third kappa shape index (κ3) is 4.97. The molecule has 1 aliphatic carbocycles. The van der Waals surface area contributed by atoms with E-state index in [1.807, 2.05) is 17.5 Å². The van der Waals surface area contributed by atoms with E-state index in [1.54, 1.807) is 11.3 Å². The fourth-order valence-electron chi connectivity index (χ4n) is 2.73. The molecule has 1 aromatic rings. The van der Waals surface area contributed by atoms with Crippen molar-refractivity contribution in [2.24, 2.45) is 11.8 Å². The van der Waals surface area contributed by atoms with Crippen LogP contribution in [0.15, 0.2) is 17.5 Å². The summed E-state index contributed by atoms with van der Waals surface area (Å²) in [5.74, 6) is 1.24. The van der Waals surface area contributed by atoms with E-state index in [2.05, 4.69) is 30.0 Å². The van der Waals surface area contributed by atoms with Crippen molar-refractivity contribution in [2.75, 3.05) is 0 Å². The molecule has 0 bridgehead atoms. The Morgan fingerprint density at radius 3 is 2.90 bits per heavy atom. The van der Waals surface area contributed by atoms with Gasteiger partial charge in [0.05, 0.1) is 6.42 Å². The van der Waals surface area contributed by atoms with E-state index in [0.29, 0.717) is 29.4 Å². The lowest BCUT2D eigenvalue weighted by molar-refractivity contribution is -0.120. The van der Waals surface area contributed by atoms with Gasteiger partial charge in [0.1, 0.15) is 0 Å². The molecule has 3 atom stereocenters. The zero-order valence-corrected chi connectivity index (χ0v) is 14.2. The van der Waals surface area contributed by atoms with Crippen molar-refractivity contribution in [3.05, 3.63) is 22.4 Å². The van der Waals surface area contributed by atoms with Crippen LogP contribution >= 0.6 is 23.6 Å². The van der Waals surface area contributed by atoms with Crippen molar-refractivity contribution in [3.8, 4) is 0 Å². The Morgan fingerprint density at radius 1 is 1.38 bits per heavy atom. The molecule has 0 aromatic carbocycles. The fraction of sp³-hybridized carbons (Fsp3) is 0.600. The maximum Gasteiger partial charge on any atom is 0.243 e. The summed E-state index contributed by atoms with van der Waals surface area (Å²) < 4.78 is 0. The molecule has 3 N–H and O–H groups in total. The van der Waals surface area contributed by atoms with E-state index in [4.69, 9.17) is 12.2 Å².